The van der Waals surface area contributed by atoms with Crippen molar-refractivity contribution in [1.82, 2.24) is 24.8 Å². The molecule has 12 nitrogen and oxygen atoms in total. The number of nitrogens with zero attached hydrogens (tertiary/aromatic N) is 6. The number of likely N-dealkylation sites (tertiary alicyclic amines) is 1. The van der Waals surface area contributed by atoms with Crippen LogP contribution in [0, 0.1) is 5.82 Å². The van der Waals surface area contributed by atoms with Crippen LogP contribution in [0.2, 0.25) is 0 Å². The van der Waals surface area contributed by atoms with Gasteiger partial charge in [0, 0.05) is 37.6 Å². The van der Waals surface area contributed by atoms with Gasteiger partial charge in [-0.3, -0.25) is 0 Å². The summed E-state index contributed by atoms with van der Waals surface area (Å²) in [5.41, 5.74) is 4.96. The van der Waals surface area contributed by atoms with Gasteiger partial charge in [0.05, 0.1) is 31.4 Å². The lowest BCUT2D eigenvalue weighted by atomic mass is 10.00. The highest BCUT2D eigenvalue weighted by molar-refractivity contribution is 5.69. The van der Waals surface area contributed by atoms with Gasteiger partial charge < -0.3 is 35.4 Å². The highest BCUT2D eigenvalue weighted by Crippen LogP contribution is 2.33. The Morgan fingerprint density at radius 2 is 2.11 bits per heavy atom. The fraction of sp³-hybridized carbons (Fsp3) is 0.591. The lowest BCUT2D eigenvalue weighted by Gasteiger charge is -2.34. The number of amides is 1. The number of rotatable bonds is 6. The zero-order valence-corrected chi connectivity index (χ0v) is 19.5. The van der Waals surface area contributed by atoms with Crippen molar-refractivity contribution in [3.63, 3.8) is 0 Å². The maximum Gasteiger partial charge on any atom is 0.410 e. The molecule has 4 N–H and O–H groups in total. The molecule has 0 bridgehead atoms. The molecule has 35 heavy (non-hydrogen) atoms. The van der Waals surface area contributed by atoms with Crippen LogP contribution in [-0.2, 0) is 9.47 Å². The maximum atomic E-state index is 15.8. The molecule has 2 aromatic rings. The van der Waals surface area contributed by atoms with E-state index in [0.29, 0.717) is 44.2 Å². The van der Waals surface area contributed by atoms with Crippen LogP contribution in [0.4, 0.5) is 26.9 Å². The number of morpholine rings is 1. The van der Waals surface area contributed by atoms with E-state index in [-0.39, 0.29) is 42.8 Å². The summed E-state index contributed by atoms with van der Waals surface area (Å²) < 4.78 is 26.7. The monoisotopic (exact) mass is 488 g/mol. The van der Waals surface area contributed by atoms with Crippen molar-refractivity contribution < 1.29 is 23.8 Å². The molecule has 2 saturated heterocycles. The van der Waals surface area contributed by atoms with Crippen molar-refractivity contribution in [2.24, 2.45) is 0 Å². The molecule has 1 saturated carbocycles. The van der Waals surface area contributed by atoms with Gasteiger partial charge in [0.15, 0.2) is 11.6 Å². The number of nitrogens with two attached hydrogens (primary N) is 1. The number of hydrogen-bond donors (Lipinski definition) is 3. The minimum Gasteiger partial charge on any atom is -0.446 e. The SMILES string of the molecule is C[C@H]1COCCN1c1nc(N[C@@]2(CO)CCN(C(=O)OC3CC3)C2)c(F)c(-c2cnc(N)nc2)n1. The molecule has 3 fully saturated rings. The van der Waals surface area contributed by atoms with E-state index in [9.17, 15) is 9.90 Å². The average Bonchev–Trinajstić information content (AvgIpc) is 3.57. The first-order valence-corrected chi connectivity index (χ1v) is 11.7. The number of anilines is 3. The Morgan fingerprint density at radius 1 is 1.34 bits per heavy atom. The van der Waals surface area contributed by atoms with Gasteiger partial charge in [0.2, 0.25) is 11.9 Å². The summed E-state index contributed by atoms with van der Waals surface area (Å²) in [4.78, 5) is 32.8. The number of aliphatic hydroxyl groups is 1. The zero-order chi connectivity index (χ0) is 24.6. The quantitative estimate of drug-likeness (QED) is 0.534. The third-order valence-electron chi connectivity index (χ3n) is 6.50. The zero-order valence-electron chi connectivity index (χ0n) is 19.5. The van der Waals surface area contributed by atoms with E-state index in [1.165, 1.54) is 17.3 Å². The standard InChI is InChI=1S/C22H29FN8O4/c1-13-10-34-7-6-31(13)20-27-17(14-8-25-19(24)26-9-14)16(23)18(28-20)29-22(12-32)4-5-30(11-22)21(33)35-15-2-3-15/h8-9,13,15,32H,2-7,10-12H2,1H3,(H2,24,25,26)(H,27,28,29)/t13-,22-/m0/s1. The molecule has 13 heteroatoms. The Hall–Kier alpha value is -3.32. The highest BCUT2D eigenvalue weighted by Gasteiger charge is 2.42. The van der Waals surface area contributed by atoms with Gasteiger partial charge in [-0.2, -0.15) is 4.98 Å². The van der Waals surface area contributed by atoms with Gasteiger partial charge in [0.1, 0.15) is 11.8 Å². The number of aliphatic hydroxyl groups excluding tert-OH is 1. The Balaban J connectivity index is 1.48. The van der Waals surface area contributed by atoms with Crippen molar-refractivity contribution in [2.45, 2.75) is 43.9 Å². The van der Waals surface area contributed by atoms with E-state index >= 15 is 4.39 Å². The van der Waals surface area contributed by atoms with Crippen LogP contribution < -0.4 is 16.0 Å². The number of halogens is 1. The Labute approximate surface area is 201 Å². The Morgan fingerprint density at radius 3 is 2.80 bits per heavy atom. The molecule has 188 valence electrons. The molecule has 1 amide bonds. The second-order valence-electron chi connectivity index (χ2n) is 9.30. The fourth-order valence-electron chi connectivity index (χ4n) is 4.28. The first kappa shape index (κ1) is 23.4. The third kappa shape index (κ3) is 4.91. The minimum absolute atomic E-state index is 0.00674. The predicted molar refractivity (Wildman–Crippen MR) is 124 cm³/mol. The topological polar surface area (TPSA) is 152 Å². The van der Waals surface area contributed by atoms with E-state index in [4.69, 9.17) is 15.2 Å². The highest BCUT2D eigenvalue weighted by atomic mass is 19.1. The molecule has 0 unspecified atom stereocenters. The van der Waals surface area contributed by atoms with Crippen molar-refractivity contribution >= 4 is 23.8 Å². The van der Waals surface area contributed by atoms with Crippen LogP contribution in [0.15, 0.2) is 12.4 Å². The average molecular weight is 489 g/mol. The maximum absolute atomic E-state index is 15.8. The summed E-state index contributed by atoms with van der Waals surface area (Å²) in [7, 11) is 0. The van der Waals surface area contributed by atoms with E-state index in [1.807, 2.05) is 11.8 Å². The Kier molecular flexibility index (Phi) is 6.28. The van der Waals surface area contributed by atoms with Crippen molar-refractivity contribution in [1.29, 1.82) is 0 Å². The van der Waals surface area contributed by atoms with Crippen LogP contribution in [0.3, 0.4) is 0 Å². The third-order valence-corrected chi connectivity index (χ3v) is 6.50. The molecular formula is C22H29FN8O4. The first-order valence-electron chi connectivity index (χ1n) is 11.7. The van der Waals surface area contributed by atoms with Gasteiger partial charge >= 0.3 is 6.09 Å². The molecule has 2 atom stereocenters. The molecular weight excluding hydrogens is 459 g/mol. The summed E-state index contributed by atoms with van der Waals surface area (Å²) in [6.07, 6.45) is 4.49. The van der Waals surface area contributed by atoms with Crippen LogP contribution in [0.25, 0.3) is 11.3 Å². The lowest BCUT2D eigenvalue weighted by Crippen LogP contribution is -2.47. The smallest absolute Gasteiger partial charge is 0.410 e. The summed E-state index contributed by atoms with van der Waals surface area (Å²) in [6, 6.07) is -0.0245. The molecule has 0 aromatic carbocycles. The van der Waals surface area contributed by atoms with Gasteiger partial charge in [-0.1, -0.05) is 0 Å². The van der Waals surface area contributed by atoms with Gasteiger partial charge in [-0.25, -0.2) is 24.1 Å². The van der Waals surface area contributed by atoms with Crippen molar-refractivity contribution in [3.8, 4) is 11.3 Å². The molecule has 2 aromatic heterocycles. The second-order valence-corrected chi connectivity index (χ2v) is 9.30. The fourth-order valence-corrected chi connectivity index (χ4v) is 4.28. The van der Waals surface area contributed by atoms with Crippen molar-refractivity contribution in [3.05, 3.63) is 18.2 Å². The number of nitrogen functional groups attached to an aromatic ring is 1. The van der Waals surface area contributed by atoms with Crippen LogP contribution >= 0.6 is 0 Å². The molecule has 4 heterocycles. The molecule has 2 aliphatic heterocycles. The van der Waals surface area contributed by atoms with Crippen molar-refractivity contribution in [2.75, 3.05) is 55.4 Å². The number of hydrogen-bond acceptors (Lipinski definition) is 11. The van der Waals surface area contributed by atoms with Crippen LogP contribution in [0.5, 0.6) is 0 Å². The number of ether oxygens (including phenoxy) is 2. The lowest BCUT2D eigenvalue weighted by molar-refractivity contribution is 0.0981. The van der Waals surface area contributed by atoms with Crippen LogP contribution in [-0.4, -0.2) is 93.2 Å². The molecule has 5 rings (SSSR count). The largest absolute Gasteiger partial charge is 0.446 e. The molecule has 0 radical (unpaired) electrons. The molecule has 0 spiro atoms. The summed E-state index contributed by atoms with van der Waals surface area (Å²) in [5.74, 6) is -0.415. The number of carbonyl (C=O) groups is 1. The first-order chi connectivity index (χ1) is 16.9. The summed E-state index contributed by atoms with van der Waals surface area (Å²) in [6.45, 7) is 3.69. The van der Waals surface area contributed by atoms with Gasteiger partial charge in [-0.05, 0) is 26.2 Å². The number of aromatic nitrogens is 4. The number of nitrogens with one attached hydrogen (secondary N) is 1. The van der Waals surface area contributed by atoms with E-state index < -0.39 is 17.4 Å². The van der Waals surface area contributed by atoms with E-state index in [0.717, 1.165) is 12.8 Å². The van der Waals surface area contributed by atoms with E-state index in [2.05, 4.69) is 25.3 Å². The summed E-state index contributed by atoms with van der Waals surface area (Å²) in [5, 5.41) is 13.4. The van der Waals surface area contributed by atoms with Gasteiger partial charge in [0.25, 0.3) is 0 Å². The summed E-state index contributed by atoms with van der Waals surface area (Å²) >= 11 is 0. The second kappa shape index (κ2) is 9.38. The van der Waals surface area contributed by atoms with Crippen LogP contribution in [0.1, 0.15) is 26.2 Å². The molecule has 3 aliphatic rings. The van der Waals surface area contributed by atoms with Gasteiger partial charge in [-0.15, -0.1) is 0 Å². The van der Waals surface area contributed by atoms with E-state index in [1.54, 1.807) is 0 Å². The minimum atomic E-state index is -0.986. The Bertz CT molecular complexity index is 1090. The molecule has 1 aliphatic carbocycles. The predicted octanol–water partition coefficient (Wildman–Crippen LogP) is 1.03. The normalized spacial score (nSPS) is 24.5. The number of carbonyl (C=O) groups excluding carboxylic acids is 1.